The first-order chi connectivity index (χ1) is 9.79. The number of carboxylic acid groups (broad SMARTS) is 1. The molecule has 114 valence electrons. The average Bonchev–Trinajstić information content (AvgIpc) is 2.41. The quantitative estimate of drug-likeness (QED) is 0.820. The molecule has 3 N–H and O–H groups in total. The van der Waals surface area contributed by atoms with Gasteiger partial charge in [-0.3, -0.25) is 9.59 Å². The van der Waals surface area contributed by atoms with Crippen LogP contribution in [0.15, 0.2) is 12.1 Å². The highest BCUT2D eigenvalue weighted by atomic mass is 35.5. The normalized spacial score (nSPS) is 22.1. The number of benzene rings is 1. The molecular formula is C14H16ClFN2O3. The molecule has 0 bridgehead atoms. The van der Waals surface area contributed by atoms with Gasteiger partial charge in [-0.1, -0.05) is 18.5 Å². The van der Waals surface area contributed by atoms with Crippen LogP contribution in [-0.4, -0.2) is 35.0 Å². The maximum atomic E-state index is 13.6. The zero-order valence-electron chi connectivity index (χ0n) is 11.5. The van der Waals surface area contributed by atoms with E-state index in [-0.39, 0.29) is 28.7 Å². The third-order valence-electron chi connectivity index (χ3n) is 3.62. The summed E-state index contributed by atoms with van der Waals surface area (Å²) in [4.78, 5) is 25.0. The van der Waals surface area contributed by atoms with Crippen LogP contribution >= 0.6 is 11.6 Å². The molecule has 0 aliphatic carbocycles. The van der Waals surface area contributed by atoms with Crippen LogP contribution in [0.25, 0.3) is 0 Å². The number of carboxylic acids is 1. The summed E-state index contributed by atoms with van der Waals surface area (Å²) in [5.74, 6) is -2.76. The summed E-state index contributed by atoms with van der Waals surface area (Å²) in [5.41, 5.74) is 5.29. The molecule has 0 radical (unpaired) electrons. The summed E-state index contributed by atoms with van der Waals surface area (Å²) in [6, 6.07) is 2.34. The van der Waals surface area contributed by atoms with Crippen LogP contribution in [0.2, 0.25) is 5.02 Å². The maximum absolute atomic E-state index is 13.6. The number of halogens is 2. The van der Waals surface area contributed by atoms with E-state index in [1.807, 2.05) is 6.92 Å². The van der Waals surface area contributed by atoms with Crippen molar-refractivity contribution in [1.82, 2.24) is 4.90 Å². The summed E-state index contributed by atoms with van der Waals surface area (Å²) < 4.78 is 13.6. The van der Waals surface area contributed by atoms with E-state index in [4.69, 9.17) is 22.4 Å². The van der Waals surface area contributed by atoms with Crippen molar-refractivity contribution in [3.05, 3.63) is 28.5 Å². The molecule has 5 nitrogen and oxygen atoms in total. The highest BCUT2D eigenvalue weighted by Gasteiger charge is 2.33. The molecule has 0 aromatic heterocycles. The maximum Gasteiger partial charge on any atom is 0.308 e. The fraction of sp³-hybridized carbons (Fsp3) is 0.429. The van der Waals surface area contributed by atoms with Crippen molar-refractivity contribution < 1.29 is 19.1 Å². The molecule has 2 rings (SSSR count). The van der Waals surface area contributed by atoms with Crippen molar-refractivity contribution in [1.29, 1.82) is 0 Å². The average molecular weight is 315 g/mol. The van der Waals surface area contributed by atoms with Gasteiger partial charge in [-0.25, -0.2) is 4.39 Å². The van der Waals surface area contributed by atoms with Crippen molar-refractivity contribution in [3.8, 4) is 0 Å². The standard InChI is InChI=1S/C14H16ClFN2O3/c1-7-2-8(14(20)21)6-18(5-7)13(19)10-3-9(15)4-11(16)12(10)17/h3-4,7-8H,2,5-6,17H2,1H3,(H,20,21). The summed E-state index contributed by atoms with van der Waals surface area (Å²) in [6.45, 7) is 2.37. The lowest BCUT2D eigenvalue weighted by atomic mass is 9.90. The molecule has 21 heavy (non-hydrogen) atoms. The van der Waals surface area contributed by atoms with E-state index in [9.17, 15) is 14.0 Å². The number of carbonyl (C=O) groups excluding carboxylic acids is 1. The number of aliphatic carboxylic acids is 1. The van der Waals surface area contributed by atoms with Gasteiger partial charge in [0.1, 0.15) is 5.82 Å². The van der Waals surface area contributed by atoms with Crippen LogP contribution in [0.3, 0.4) is 0 Å². The number of hydrogen-bond donors (Lipinski definition) is 2. The Morgan fingerprint density at radius 1 is 1.43 bits per heavy atom. The van der Waals surface area contributed by atoms with Gasteiger partial charge in [-0.05, 0) is 24.5 Å². The van der Waals surface area contributed by atoms with Gasteiger partial charge in [0.2, 0.25) is 0 Å². The van der Waals surface area contributed by atoms with Gasteiger partial charge in [0.05, 0.1) is 17.2 Å². The minimum absolute atomic E-state index is 0.0294. The van der Waals surface area contributed by atoms with Gasteiger partial charge in [0.25, 0.3) is 5.91 Å². The van der Waals surface area contributed by atoms with E-state index < -0.39 is 23.6 Å². The molecule has 1 aliphatic rings. The number of likely N-dealkylation sites (tertiary alicyclic amines) is 1. The molecular weight excluding hydrogens is 299 g/mol. The lowest BCUT2D eigenvalue weighted by molar-refractivity contribution is -0.143. The van der Waals surface area contributed by atoms with Gasteiger partial charge in [-0.2, -0.15) is 0 Å². The van der Waals surface area contributed by atoms with Crippen LogP contribution in [-0.2, 0) is 4.79 Å². The summed E-state index contributed by atoms with van der Waals surface area (Å²) in [7, 11) is 0. The van der Waals surface area contributed by atoms with E-state index in [0.717, 1.165) is 6.07 Å². The third-order valence-corrected chi connectivity index (χ3v) is 3.84. The Morgan fingerprint density at radius 2 is 2.10 bits per heavy atom. The Bertz CT molecular complexity index is 594. The molecule has 1 saturated heterocycles. The predicted octanol–water partition coefficient (Wildman–Crippen LogP) is 2.24. The summed E-state index contributed by atoms with van der Waals surface area (Å²) in [6.07, 6.45) is 0.512. The number of amides is 1. The minimum atomic E-state index is -0.940. The molecule has 1 aromatic rings. The van der Waals surface area contributed by atoms with E-state index in [1.165, 1.54) is 11.0 Å². The highest BCUT2D eigenvalue weighted by molar-refractivity contribution is 6.31. The molecule has 2 unspecified atom stereocenters. The fourth-order valence-electron chi connectivity index (χ4n) is 2.63. The Balaban J connectivity index is 2.29. The first-order valence-electron chi connectivity index (χ1n) is 6.56. The SMILES string of the molecule is CC1CC(C(=O)O)CN(C(=O)c2cc(Cl)cc(F)c2N)C1. The Labute approximate surface area is 126 Å². The van der Waals surface area contributed by atoms with Crippen LogP contribution in [0.1, 0.15) is 23.7 Å². The minimum Gasteiger partial charge on any atom is -0.481 e. The summed E-state index contributed by atoms with van der Waals surface area (Å²) in [5, 5.41) is 9.20. The van der Waals surface area contributed by atoms with Gasteiger partial charge >= 0.3 is 5.97 Å². The second-order valence-electron chi connectivity index (χ2n) is 5.44. The lowest BCUT2D eigenvalue weighted by Gasteiger charge is -2.35. The molecule has 0 saturated carbocycles. The fourth-order valence-corrected chi connectivity index (χ4v) is 2.83. The zero-order chi connectivity index (χ0) is 15.7. The number of rotatable bonds is 2. The molecule has 0 spiro atoms. The molecule has 7 heteroatoms. The molecule has 1 aromatic carbocycles. The summed E-state index contributed by atoms with van der Waals surface area (Å²) >= 11 is 5.75. The molecule has 1 heterocycles. The topological polar surface area (TPSA) is 83.6 Å². The number of nitrogen functional groups attached to an aromatic ring is 1. The van der Waals surface area contributed by atoms with Crippen LogP contribution in [0, 0.1) is 17.7 Å². The molecule has 1 fully saturated rings. The van der Waals surface area contributed by atoms with Crippen molar-refractivity contribution in [3.63, 3.8) is 0 Å². The van der Waals surface area contributed by atoms with Crippen molar-refractivity contribution in [2.45, 2.75) is 13.3 Å². The van der Waals surface area contributed by atoms with Crippen LogP contribution in [0.5, 0.6) is 0 Å². The third kappa shape index (κ3) is 3.26. The molecule has 1 amide bonds. The van der Waals surface area contributed by atoms with Crippen LogP contribution < -0.4 is 5.73 Å². The molecule has 2 atom stereocenters. The van der Waals surface area contributed by atoms with Gasteiger partial charge in [0, 0.05) is 18.1 Å². The highest BCUT2D eigenvalue weighted by Crippen LogP contribution is 2.27. The van der Waals surface area contributed by atoms with E-state index in [0.29, 0.717) is 13.0 Å². The van der Waals surface area contributed by atoms with E-state index in [1.54, 1.807) is 0 Å². The Hall–Kier alpha value is -1.82. The van der Waals surface area contributed by atoms with Crippen molar-refractivity contribution in [2.75, 3.05) is 18.8 Å². The predicted molar refractivity (Wildman–Crippen MR) is 76.6 cm³/mol. The Morgan fingerprint density at radius 3 is 2.71 bits per heavy atom. The van der Waals surface area contributed by atoms with Crippen LogP contribution in [0.4, 0.5) is 10.1 Å². The second kappa shape index (κ2) is 5.89. The first kappa shape index (κ1) is 15.6. The Kier molecular flexibility index (Phi) is 4.37. The van der Waals surface area contributed by atoms with Gasteiger partial charge in [-0.15, -0.1) is 0 Å². The van der Waals surface area contributed by atoms with Crippen molar-refractivity contribution >= 4 is 29.2 Å². The number of carbonyl (C=O) groups is 2. The van der Waals surface area contributed by atoms with E-state index >= 15 is 0 Å². The number of hydrogen-bond acceptors (Lipinski definition) is 3. The van der Waals surface area contributed by atoms with Crippen molar-refractivity contribution in [2.24, 2.45) is 11.8 Å². The first-order valence-corrected chi connectivity index (χ1v) is 6.94. The number of nitrogens with zero attached hydrogens (tertiary/aromatic N) is 1. The lowest BCUT2D eigenvalue weighted by Crippen LogP contribution is -2.45. The number of nitrogens with two attached hydrogens (primary N) is 1. The number of piperidine rings is 1. The zero-order valence-corrected chi connectivity index (χ0v) is 12.2. The smallest absolute Gasteiger partial charge is 0.308 e. The monoisotopic (exact) mass is 314 g/mol. The molecule has 1 aliphatic heterocycles. The second-order valence-corrected chi connectivity index (χ2v) is 5.87. The largest absolute Gasteiger partial charge is 0.481 e. The number of anilines is 1. The van der Waals surface area contributed by atoms with Gasteiger partial charge in [0.15, 0.2) is 0 Å². The van der Waals surface area contributed by atoms with Gasteiger partial charge < -0.3 is 15.7 Å². The van der Waals surface area contributed by atoms with E-state index in [2.05, 4.69) is 0 Å².